The minimum absolute atomic E-state index is 0.195. The van der Waals surface area contributed by atoms with Crippen LogP contribution in [0.3, 0.4) is 0 Å². The minimum Gasteiger partial charge on any atom is -0.284 e. The summed E-state index contributed by atoms with van der Waals surface area (Å²) in [5.41, 5.74) is -0.195. The van der Waals surface area contributed by atoms with Gasteiger partial charge in [-0.1, -0.05) is 5.92 Å². The van der Waals surface area contributed by atoms with E-state index in [1.54, 1.807) is 0 Å². The standard InChI is InChI=1S/C9H12FN/c1-2-9-4-3-5-11(9)7-8(10)6-9/h1,8H,3-7H2/t8-,9-/m1/s1. The van der Waals surface area contributed by atoms with Crippen LogP contribution in [-0.4, -0.2) is 29.7 Å². The zero-order valence-electron chi connectivity index (χ0n) is 6.52. The molecule has 0 aromatic carbocycles. The summed E-state index contributed by atoms with van der Waals surface area (Å²) in [6, 6.07) is 0. The molecule has 0 spiro atoms. The fourth-order valence-electron chi connectivity index (χ4n) is 2.32. The number of hydrogen-bond acceptors (Lipinski definition) is 1. The molecule has 60 valence electrons. The van der Waals surface area contributed by atoms with E-state index < -0.39 is 6.17 Å². The first kappa shape index (κ1) is 7.12. The van der Waals surface area contributed by atoms with Gasteiger partial charge in [-0.05, 0) is 19.4 Å². The lowest BCUT2D eigenvalue weighted by Crippen LogP contribution is -2.36. The average molecular weight is 153 g/mol. The summed E-state index contributed by atoms with van der Waals surface area (Å²) in [5, 5.41) is 0. The number of terminal acetylenes is 1. The van der Waals surface area contributed by atoms with Gasteiger partial charge in [0, 0.05) is 13.0 Å². The van der Waals surface area contributed by atoms with Crippen molar-refractivity contribution < 1.29 is 4.39 Å². The van der Waals surface area contributed by atoms with E-state index in [0.717, 1.165) is 19.4 Å². The molecule has 2 heteroatoms. The van der Waals surface area contributed by atoms with Crippen LogP contribution in [0.25, 0.3) is 0 Å². The third-order valence-corrected chi connectivity index (χ3v) is 2.87. The van der Waals surface area contributed by atoms with E-state index in [-0.39, 0.29) is 5.54 Å². The molecule has 11 heavy (non-hydrogen) atoms. The molecule has 0 amide bonds. The average Bonchev–Trinajstić information content (AvgIpc) is 2.43. The van der Waals surface area contributed by atoms with Crippen LogP contribution in [0.5, 0.6) is 0 Å². The van der Waals surface area contributed by atoms with Crippen molar-refractivity contribution in [3.8, 4) is 12.3 Å². The molecule has 2 heterocycles. The molecular formula is C9H12FN. The molecule has 2 rings (SSSR count). The highest BCUT2D eigenvalue weighted by Crippen LogP contribution is 2.39. The zero-order chi connectivity index (χ0) is 7.90. The first-order valence-electron chi connectivity index (χ1n) is 4.14. The van der Waals surface area contributed by atoms with E-state index in [1.165, 1.54) is 0 Å². The maximum atomic E-state index is 12.9. The van der Waals surface area contributed by atoms with Crippen LogP contribution >= 0.6 is 0 Å². The maximum absolute atomic E-state index is 12.9. The Morgan fingerprint density at radius 1 is 1.64 bits per heavy atom. The second-order valence-corrected chi connectivity index (χ2v) is 3.53. The van der Waals surface area contributed by atoms with Gasteiger partial charge in [0.2, 0.25) is 0 Å². The molecule has 1 nitrogen and oxygen atoms in total. The second-order valence-electron chi connectivity index (χ2n) is 3.53. The quantitative estimate of drug-likeness (QED) is 0.473. The van der Waals surface area contributed by atoms with E-state index in [0.29, 0.717) is 13.0 Å². The van der Waals surface area contributed by atoms with Gasteiger partial charge in [-0.3, -0.25) is 4.90 Å². The Morgan fingerprint density at radius 3 is 3.09 bits per heavy atom. The molecule has 0 aromatic heterocycles. The summed E-state index contributed by atoms with van der Waals surface area (Å²) >= 11 is 0. The number of fused-ring (bicyclic) bond motifs is 1. The monoisotopic (exact) mass is 153 g/mol. The van der Waals surface area contributed by atoms with E-state index in [4.69, 9.17) is 6.42 Å². The van der Waals surface area contributed by atoms with Crippen LogP contribution < -0.4 is 0 Å². The van der Waals surface area contributed by atoms with Crippen LogP contribution in [0.15, 0.2) is 0 Å². The summed E-state index contributed by atoms with van der Waals surface area (Å²) in [6.45, 7) is 1.55. The van der Waals surface area contributed by atoms with Crippen molar-refractivity contribution >= 4 is 0 Å². The lowest BCUT2D eigenvalue weighted by atomic mass is 9.95. The summed E-state index contributed by atoms with van der Waals surface area (Å²) in [6.07, 6.45) is 7.41. The van der Waals surface area contributed by atoms with Crippen molar-refractivity contribution in [3.63, 3.8) is 0 Å². The van der Waals surface area contributed by atoms with Crippen LogP contribution in [0.1, 0.15) is 19.3 Å². The number of alkyl halides is 1. The molecule has 0 radical (unpaired) electrons. The Morgan fingerprint density at radius 2 is 2.45 bits per heavy atom. The molecule has 0 bridgehead atoms. The summed E-state index contributed by atoms with van der Waals surface area (Å²) < 4.78 is 12.9. The van der Waals surface area contributed by atoms with Crippen molar-refractivity contribution in [2.75, 3.05) is 13.1 Å². The third-order valence-electron chi connectivity index (χ3n) is 2.87. The molecule has 2 aliphatic rings. The van der Waals surface area contributed by atoms with Gasteiger partial charge < -0.3 is 0 Å². The van der Waals surface area contributed by atoms with Crippen LogP contribution in [0.2, 0.25) is 0 Å². The lowest BCUT2D eigenvalue weighted by Gasteiger charge is -2.24. The van der Waals surface area contributed by atoms with Gasteiger partial charge in [-0.25, -0.2) is 4.39 Å². The van der Waals surface area contributed by atoms with Gasteiger partial charge in [0.25, 0.3) is 0 Å². The number of hydrogen-bond donors (Lipinski definition) is 0. The van der Waals surface area contributed by atoms with Gasteiger partial charge in [-0.15, -0.1) is 6.42 Å². The third kappa shape index (κ3) is 0.877. The van der Waals surface area contributed by atoms with Crippen molar-refractivity contribution in [2.45, 2.75) is 31.0 Å². The molecule has 2 atom stereocenters. The van der Waals surface area contributed by atoms with Gasteiger partial charge in [0.15, 0.2) is 0 Å². The highest BCUT2D eigenvalue weighted by atomic mass is 19.1. The van der Waals surface area contributed by atoms with Gasteiger partial charge in [0.05, 0.1) is 5.54 Å². The highest BCUT2D eigenvalue weighted by Gasteiger charge is 2.47. The van der Waals surface area contributed by atoms with Crippen molar-refractivity contribution in [3.05, 3.63) is 0 Å². The molecule has 0 unspecified atom stereocenters. The molecule has 0 N–H and O–H groups in total. The van der Waals surface area contributed by atoms with E-state index in [9.17, 15) is 4.39 Å². The fourth-order valence-corrected chi connectivity index (χ4v) is 2.32. The molecule has 2 saturated heterocycles. The topological polar surface area (TPSA) is 3.24 Å². The van der Waals surface area contributed by atoms with Gasteiger partial charge in [0.1, 0.15) is 6.17 Å². The number of halogens is 1. The number of rotatable bonds is 0. The fraction of sp³-hybridized carbons (Fsp3) is 0.778. The normalized spacial score (nSPS) is 43.8. The molecule has 0 aliphatic carbocycles. The minimum atomic E-state index is -0.689. The van der Waals surface area contributed by atoms with E-state index in [1.807, 2.05) is 0 Å². The SMILES string of the molecule is C#C[C@]12CCCN1C[C@H](F)C2. The van der Waals surface area contributed by atoms with Crippen molar-refractivity contribution in [2.24, 2.45) is 0 Å². The lowest BCUT2D eigenvalue weighted by molar-refractivity contribution is 0.255. The zero-order valence-corrected chi connectivity index (χ0v) is 6.52. The Labute approximate surface area is 66.6 Å². The van der Waals surface area contributed by atoms with Crippen LogP contribution in [0, 0.1) is 12.3 Å². The van der Waals surface area contributed by atoms with Crippen molar-refractivity contribution in [1.82, 2.24) is 4.90 Å². The molecule has 2 fully saturated rings. The van der Waals surface area contributed by atoms with Gasteiger partial charge >= 0.3 is 0 Å². The number of nitrogens with zero attached hydrogens (tertiary/aromatic N) is 1. The molecular weight excluding hydrogens is 141 g/mol. The summed E-state index contributed by atoms with van der Waals surface area (Å²) in [5.74, 6) is 2.76. The van der Waals surface area contributed by atoms with Gasteiger partial charge in [-0.2, -0.15) is 0 Å². The first-order valence-corrected chi connectivity index (χ1v) is 4.14. The highest BCUT2D eigenvalue weighted by molar-refractivity contribution is 5.20. The Kier molecular flexibility index (Phi) is 1.43. The predicted octanol–water partition coefficient (Wildman–Crippen LogP) is 1.20. The predicted molar refractivity (Wildman–Crippen MR) is 41.9 cm³/mol. The van der Waals surface area contributed by atoms with E-state index in [2.05, 4.69) is 10.8 Å². The van der Waals surface area contributed by atoms with E-state index >= 15 is 0 Å². The maximum Gasteiger partial charge on any atom is 0.116 e. The Balaban J connectivity index is 2.23. The molecule has 0 aromatic rings. The summed E-state index contributed by atoms with van der Waals surface area (Å²) in [4.78, 5) is 2.12. The van der Waals surface area contributed by atoms with Crippen LogP contribution in [-0.2, 0) is 0 Å². The van der Waals surface area contributed by atoms with Crippen LogP contribution in [0.4, 0.5) is 4.39 Å². The first-order chi connectivity index (χ1) is 5.27. The largest absolute Gasteiger partial charge is 0.284 e. The summed E-state index contributed by atoms with van der Waals surface area (Å²) in [7, 11) is 0. The molecule has 2 aliphatic heterocycles. The molecule has 0 saturated carbocycles. The smallest absolute Gasteiger partial charge is 0.116 e. The second kappa shape index (κ2) is 2.22. The Bertz CT molecular complexity index is 208. The van der Waals surface area contributed by atoms with Crippen molar-refractivity contribution in [1.29, 1.82) is 0 Å². The Hall–Kier alpha value is -0.550.